The Bertz CT molecular complexity index is 744. The average molecular weight is 378 g/mol. The van der Waals surface area contributed by atoms with Gasteiger partial charge in [0.05, 0.1) is 42.9 Å². The molecular weight excluding hydrogens is 352 g/mol. The number of fused-ring (bicyclic) bond motifs is 2. The van der Waals surface area contributed by atoms with Crippen molar-refractivity contribution in [1.82, 2.24) is 0 Å². The number of esters is 1. The fraction of sp³-hybridized carbons (Fsp3) is 0.650. The highest BCUT2D eigenvalue weighted by Crippen LogP contribution is 2.66. The van der Waals surface area contributed by atoms with Crippen LogP contribution >= 0.6 is 0 Å². The fourth-order valence-corrected chi connectivity index (χ4v) is 5.88. The van der Waals surface area contributed by atoms with Crippen molar-refractivity contribution < 1.29 is 34.4 Å². The van der Waals surface area contributed by atoms with Crippen LogP contribution in [0.15, 0.2) is 35.2 Å². The van der Waals surface area contributed by atoms with Crippen LogP contribution in [0, 0.1) is 22.7 Å². The Morgan fingerprint density at radius 3 is 2.67 bits per heavy atom. The Morgan fingerprint density at radius 1 is 1.30 bits per heavy atom. The van der Waals surface area contributed by atoms with E-state index < -0.39 is 59.7 Å². The molecule has 3 fully saturated rings. The molecule has 0 aromatic carbocycles. The van der Waals surface area contributed by atoms with Gasteiger partial charge in [-0.05, 0) is 30.4 Å². The number of furan rings is 1. The van der Waals surface area contributed by atoms with Gasteiger partial charge in [0, 0.05) is 23.3 Å². The molecule has 0 unspecified atom stereocenters. The van der Waals surface area contributed by atoms with Gasteiger partial charge in [0.25, 0.3) is 0 Å². The van der Waals surface area contributed by atoms with E-state index in [9.17, 15) is 25.2 Å². The molecule has 148 valence electrons. The largest absolute Gasteiger partial charge is 0.472 e. The lowest BCUT2D eigenvalue weighted by Crippen LogP contribution is -2.68. The highest BCUT2D eigenvalue weighted by atomic mass is 16.6. The predicted octanol–water partition coefficient (Wildman–Crippen LogP) is 0.931. The first-order chi connectivity index (χ1) is 12.8. The zero-order valence-corrected chi connectivity index (χ0v) is 15.2. The summed E-state index contributed by atoms with van der Waals surface area (Å²) in [6.07, 6.45) is 0.148. The first-order valence-electron chi connectivity index (χ1n) is 9.38. The van der Waals surface area contributed by atoms with Crippen LogP contribution in [0.3, 0.4) is 0 Å². The van der Waals surface area contributed by atoms with Crippen LogP contribution < -0.4 is 0 Å². The third-order valence-electron chi connectivity index (χ3n) is 7.48. The maximum Gasteiger partial charge on any atom is 0.313 e. The molecule has 0 radical (unpaired) electrons. The van der Waals surface area contributed by atoms with Crippen molar-refractivity contribution in [1.29, 1.82) is 0 Å². The number of carbonyl (C=O) groups is 1. The Hall–Kier alpha value is -1.67. The van der Waals surface area contributed by atoms with Gasteiger partial charge in [-0.3, -0.25) is 4.79 Å². The van der Waals surface area contributed by atoms with Crippen molar-refractivity contribution in [2.45, 2.75) is 50.6 Å². The van der Waals surface area contributed by atoms with Gasteiger partial charge in [-0.2, -0.15) is 0 Å². The highest BCUT2D eigenvalue weighted by molar-refractivity contribution is 5.81. The maximum absolute atomic E-state index is 13.2. The van der Waals surface area contributed by atoms with Gasteiger partial charge in [0.1, 0.15) is 6.10 Å². The number of aliphatic hydroxyl groups excluding tert-OH is 4. The molecule has 27 heavy (non-hydrogen) atoms. The van der Waals surface area contributed by atoms with Crippen molar-refractivity contribution in [3.8, 4) is 0 Å². The molecule has 4 N–H and O–H groups in total. The summed E-state index contributed by atoms with van der Waals surface area (Å²) in [6.45, 7) is 5.16. The summed E-state index contributed by atoms with van der Waals surface area (Å²) in [5.41, 5.74) is -1.43. The Morgan fingerprint density at radius 2 is 2.04 bits per heavy atom. The van der Waals surface area contributed by atoms with E-state index in [0.717, 1.165) is 5.56 Å². The molecule has 7 nitrogen and oxygen atoms in total. The molecule has 0 amide bonds. The highest BCUT2D eigenvalue weighted by Gasteiger charge is 2.71. The molecule has 1 aliphatic heterocycles. The molecule has 1 saturated heterocycles. The van der Waals surface area contributed by atoms with Crippen molar-refractivity contribution in [2.75, 3.05) is 6.61 Å². The average Bonchev–Trinajstić information content (AvgIpc) is 3.30. The van der Waals surface area contributed by atoms with Crippen LogP contribution in [0.4, 0.5) is 0 Å². The standard InChI is InChI=1S/C20H26O7/c1-10-13(22)3-4-15-19(11(2)16(23)17(24)20(10,15)9-21)7-14(27-18(19)25)12-5-6-26-8-12/h5-6,8,11,13-17,21-24H,1,3-4,7,9H2,2H3/t11-,13-,14+,15-,16-,17-,19+,20+/m1/s1. The molecule has 0 bridgehead atoms. The molecule has 2 aliphatic carbocycles. The molecule has 1 aromatic rings. The van der Waals surface area contributed by atoms with Crippen LogP contribution in [0.2, 0.25) is 0 Å². The first kappa shape index (κ1) is 18.7. The predicted molar refractivity (Wildman–Crippen MR) is 93.2 cm³/mol. The first-order valence-corrected chi connectivity index (χ1v) is 9.38. The van der Waals surface area contributed by atoms with Gasteiger partial charge < -0.3 is 29.6 Å². The molecule has 2 heterocycles. The topological polar surface area (TPSA) is 120 Å². The number of ether oxygens (including phenoxy) is 1. The minimum atomic E-state index is -1.35. The minimum absolute atomic E-state index is 0.277. The van der Waals surface area contributed by atoms with Crippen molar-refractivity contribution in [3.63, 3.8) is 0 Å². The SMILES string of the molecule is C=C1[C@H](O)CC[C@H]2[C@@]1(CO)[C@H](O)[C@H](O)[C@@H](C)[C@@]21C[C@@H](c2ccoc2)OC1=O. The van der Waals surface area contributed by atoms with Gasteiger partial charge in [-0.25, -0.2) is 0 Å². The third kappa shape index (κ3) is 2.20. The van der Waals surface area contributed by atoms with Gasteiger partial charge in [-0.1, -0.05) is 13.5 Å². The number of carbonyl (C=O) groups excluding carboxylic acids is 1. The van der Waals surface area contributed by atoms with Crippen molar-refractivity contribution in [3.05, 3.63) is 36.3 Å². The van der Waals surface area contributed by atoms with E-state index in [1.807, 2.05) is 0 Å². The summed E-state index contributed by atoms with van der Waals surface area (Å²) in [6, 6.07) is 1.73. The smallest absolute Gasteiger partial charge is 0.313 e. The van der Waals surface area contributed by atoms with Crippen LogP contribution in [0.25, 0.3) is 0 Å². The minimum Gasteiger partial charge on any atom is -0.472 e. The monoisotopic (exact) mass is 378 g/mol. The normalized spacial score (nSPS) is 47.1. The molecule has 2 saturated carbocycles. The van der Waals surface area contributed by atoms with E-state index >= 15 is 0 Å². The van der Waals surface area contributed by atoms with Gasteiger partial charge >= 0.3 is 5.97 Å². The second-order valence-electron chi connectivity index (χ2n) is 8.29. The lowest BCUT2D eigenvalue weighted by Gasteiger charge is -2.61. The van der Waals surface area contributed by atoms with Crippen LogP contribution in [-0.2, 0) is 9.53 Å². The number of hydrogen-bond donors (Lipinski definition) is 4. The fourth-order valence-electron chi connectivity index (χ4n) is 5.88. The molecule has 1 aromatic heterocycles. The third-order valence-corrected chi connectivity index (χ3v) is 7.48. The summed E-state index contributed by atoms with van der Waals surface area (Å²) in [4.78, 5) is 13.2. The lowest BCUT2D eigenvalue weighted by atomic mass is 9.43. The zero-order valence-electron chi connectivity index (χ0n) is 15.2. The zero-order chi connectivity index (χ0) is 19.6. The molecule has 7 heteroatoms. The van der Waals surface area contributed by atoms with Crippen molar-refractivity contribution >= 4 is 5.97 Å². The summed E-state index contributed by atoms with van der Waals surface area (Å²) in [7, 11) is 0. The maximum atomic E-state index is 13.2. The summed E-state index contributed by atoms with van der Waals surface area (Å²) < 4.78 is 10.8. The Labute approximate surface area is 157 Å². The molecule has 1 spiro atoms. The van der Waals surface area contributed by atoms with Crippen molar-refractivity contribution in [2.24, 2.45) is 22.7 Å². The number of rotatable bonds is 2. The van der Waals surface area contributed by atoms with E-state index in [1.54, 1.807) is 13.0 Å². The summed E-state index contributed by atoms with van der Waals surface area (Å²) >= 11 is 0. The molecular formula is C20H26O7. The number of cyclic esters (lactones) is 1. The summed E-state index contributed by atoms with van der Waals surface area (Å²) in [5, 5.41) is 42.4. The van der Waals surface area contributed by atoms with E-state index in [-0.39, 0.29) is 5.57 Å². The van der Waals surface area contributed by atoms with E-state index in [4.69, 9.17) is 9.15 Å². The van der Waals surface area contributed by atoms with Crippen LogP contribution in [-0.4, -0.2) is 51.3 Å². The van der Waals surface area contributed by atoms with E-state index in [2.05, 4.69) is 6.58 Å². The van der Waals surface area contributed by atoms with Gasteiger partial charge in [0.15, 0.2) is 0 Å². The van der Waals surface area contributed by atoms with Crippen LogP contribution in [0.1, 0.15) is 37.9 Å². The van der Waals surface area contributed by atoms with E-state index in [1.165, 1.54) is 12.5 Å². The van der Waals surface area contributed by atoms with Crippen LogP contribution in [0.5, 0.6) is 0 Å². The molecule has 8 atom stereocenters. The number of hydrogen-bond acceptors (Lipinski definition) is 7. The second kappa shape index (κ2) is 6.17. The Balaban J connectivity index is 1.84. The van der Waals surface area contributed by atoms with E-state index in [0.29, 0.717) is 19.3 Å². The number of aliphatic hydroxyl groups is 4. The quantitative estimate of drug-likeness (QED) is 0.446. The summed E-state index contributed by atoms with van der Waals surface area (Å²) in [5.74, 6) is -1.52. The molecule has 4 rings (SSSR count). The van der Waals surface area contributed by atoms with Gasteiger partial charge in [0.2, 0.25) is 0 Å². The molecule has 3 aliphatic rings. The lowest BCUT2D eigenvalue weighted by molar-refractivity contribution is -0.220. The van der Waals surface area contributed by atoms with Gasteiger partial charge in [-0.15, -0.1) is 0 Å². The Kier molecular flexibility index (Phi) is 4.27. The second-order valence-corrected chi connectivity index (χ2v) is 8.29.